The van der Waals surface area contributed by atoms with Gasteiger partial charge in [0.15, 0.2) is 0 Å². The van der Waals surface area contributed by atoms with Gasteiger partial charge in [-0.05, 0) is 18.2 Å². The molecule has 1 heterocycles. The highest BCUT2D eigenvalue weighted by atomic mass is 16.1. The first-order valence-corrected chi connectivity index (χ1v) is 4.18. The van der Waals surface area contributed by atoms with Crippen LogP contribution in [0.4, 0.5) is 0 Å². The summed E-state index contributed by atoms with van der Waals surface area (Å²) in [5.74, 6) is -0.514. The summed E-state index contributed by atoms with van der Waals surface area (Å²) in [6.07, 6.45) is 1.70. The monoisotopic (exact) mass is 187 g/mol. The minimum atomic E-state index is -0.514. The Morgan fingerprint density at radius 2 is 1.93 bits per heavy atom. The fraction of sp³-hybridized carbons (Fsp3) is 0. The maximum absolute atomic E-state index is 10.8. The summed E-state index contributed by atoms with van der Waals surface area (Å²) in [5.41, 5.74) is 6.27. The van der Waals surface area contributed by atoms with E-state index in [4.69, 9.17) is 5.73 Å². The van der Waals surface area contributed by atoms with Crippen LogP contribution in [0.2, 0.25) is 0 Å². The van der Waals surface area contributed by atoms with E-state index in [2.05, 4.69) is 5.10 Å². The van der Waals surface area contributed by atoms with Crippen LogP contribution in [-0.2, 0) is 0 Å². The summed E-state index contributed by atoms with van der Waals surface area (Å²) in [4.78, 5) is 10.8. The van der Waals surface area contributed by atoms with E-state index < -0.39 is 5.91 Å². The molecular formula is C10H9N3O. The minimum absolute atomic E-state index is 0.272. The summed E-state index contributed by atoms with van der Waals surface area (Å²) < 4.78 is 1.61. The standard InChI is InChI=1S/C10H9N3O/c11-10(14)9-6-7-13(12-9)8-4-2-1-3-5-8/h1-7H,(H2,11,14). The van der Waals surface area contributed by atoms with Crippen LogP contribution in [-0.4, -0.2) is 15.7 Å². The molecule has 2 N–H and O–H groups in total. The van der Waals surface area contributed by atoms with Gasteiger partial charge in [-0.15, -0.1) is 0 Å². The van der Waals surface area contributed by atoms with Crippen LogP contribution >= 0.6 is 0 Å². The first kappa shape index (κ1) is 8.50. The molecule has 0 unspecified atom stereocenters. The van der Waals surface area contributed by atoms with Crippen molar-refractivity contribution < 1.29 is 4.79 Å². The third-order valence-corrected chi connectivity index (χ3v) is 1.86. The molecule has 0 bridgehead atoms. The molecule has 1 aromatic heterocycles. The van der Waals surface area contributed by atoms with Crippen LogP contribution in [0.15, 0.2) is 42.6 Å². The number of para-hydroxylation sites is 1. The molecule has 0 fully saturated rings. The first-order valence-electron chi connectivity index (χ1n) is 4.18. The van der Waals surface area contributed by atoms with Gasteiger partial charge in [0.05, 0.1) is 5.69 Å². The van der Waals surface area contributed by atoms with E-state index in [1.54, 1.807) is 16.9 Å². The van der Waals surface area contributed by atoms with E-state index in [-0.39, 0.29) is 5.69 Å². The predicted octanol–water partition coefficient (Wildman–Crippen LogP) is 0.971. The highest BCUT2D eigenvalue weighted by molar-refractivity contribution is 5.90. The third kappa shape index (κ3) is 1.50. The Kier molecular flexibility index (Phi) is 2.02. The second-order valence-electron chi connectivity index (χ2n) is 2.85. The van der Waals surface area contributed by atoms with E-state index in [9.17, 15) is 4.79 Å². The lowest BCUT2D eigenvalue weighted by atomic mass is 10.3. The Balaban J connectivity index is 2.39. The van der Waals surface area contributed by atoms with E-state index in [0.29, 0.717) is 0 Å². The number of nitrogens with zero attached hydrogens (tertiary/aromatic N) is 2. The number of primary amides is 1. The molecule has 14 heavy (non-hydrogen) atoms. The Labute approximate surface area is 81.0 Å². The van der Waals surface area contributed by atoms with Crippen LogP contribution in [0, 0.1) is 0 Å². The third-order valence-electron chi connectivity index (χ3n) is 1.86. The van der Waals surface area contributed by atoms with Crippen molar-refractivity contribution >= 4 is 5.91 Å². The van der Waals surface area contributed by atoms with Crippen LogP contribution in [0.25, 0.3) is 5.69 Å². The summed E-state index contributed by atoms with van der Waals surface area (Å²) in [6.45, 7) is 0. The summed E-state index contributed by atoms with van der Waals surface area (Å²) >= 11 is 0. The van der Waals surface area contributed by atoms with E-state index in [1.807, 2.05) is 30.3 Å². The SMILES string of the molecule is NC(=O)c1ccn(-c2ccccc2)n1. The Morgan fingerprint density at radius 3 is 2.50 bits per heavy atom. The number of carbonyl (C=O) groups excluding carboxylic acids is 1. The molecule has 4 heteroatoms. The molecule has 0 aliphatic carbocycles. The van der Waals surface area contributed by atoms with Gasteiger partial charge in [-0.1, -0.05) is 18.2 Å². The lowest BCUT2D eigenvalue weighted by Gasteiger charge is -1.98. The maximum Gasteiger partial charge on any atom is 0.269 e. The van der Waals surface area contributed by atoms with Crippen LogP contribution in [0.1, 0.15) is 10.5 Å². The minimum Gasteiger partial charge on any atom is -0.364 e. The van der Waals surface area contributed by atoms with Crippen molar-refractivity contribution in [3.05, 3.63) is 48.3 Å². The lowest BCUT2D eigenvalue weighted by molar-refractivity contribution is 0.0995. The Bertz CT molecular complexity index is 447. The number of hydrogen-bond donors (Lipinski definition) is 1. The predicted molar refractivity (Wildman–Crippen MR) is 52.1 cm³/mol. The van der Waals surface area contributed by atoms with Gasteiger partial charge in [0, 0.05) is 6.20 Å². The molecule has 0 aliphatic rings. The normalized spacial score (nSPS) is 10.0. The van der Waals surface area contributed by atoms with Crippen LogP contribution in [0.5, 0.6) is 0 Å². The second-order valence-corrected chi connectivity index (χ2v) is 2.85. The van der Waals surface area contributed by atoms with Crippen molar-refractivity contribution in [2.45, 2.75) is 0 Å². The maximum atomic E-state index is 10.8. The number of aromatic nitrogens is 2. The Morgan fingerprint density at radius 1 is 1.21 bits per heavy atom. The number of rotatable bonds is 2. The van der Waals surface area contributed by atoms with Crippen molar-refractivity contribution in [1.82, 2.24) is 9.78 Å². The van der Waals surface area contributed by atoms with Gasteiger partial charge in [-0.25, -0.2) is 4.68 Å². The zero-order valence-corrected chi connectivity index (χ0v) is 7.42. The molecule has 1 amide bonds. The van der Waals surface area contributed by atoms with Crippen molar-refractivity contribution in [3.8, 4) is 5.69 Å². The first-order chi connectivity index (χ1) is 6.77. The van der Waals surface area contributed by atoms with E-state index in [1.165, 1.54) is 0 Å². The second kappa shape index (κ2) is 3.33. The number of hydrogen-bond acceptors (Lipinski definition) is 2. The zero-order valence-electron chi connectivity index (χ0n) is 7.42. The number of carbonyl (C=O) groups is 1. The fourth-order valence-corrected chi connectivity index (χ4v) is 1.18. The molecule has 1 aromatic carbocycles. The quantitative estimate of drug-likeness (QED) is 0.761. The molecule has 0 saturated carbocycles. The number of benzene rings is 1. The van der Waals surface area contributed by atoms with Crippen LogP contribution in [0.3, 0.4) is 0 Å². The van der Waals surface area contributed by atoms with Gasteiger partial charge >= 0.3 is 0 Å². The summed E-state index contributed by atoms with van der Waals surface area (Å²) in [6, 6.07) is 11.1. The van der Waals surface area contributed by atoms with Gasteiger partial charge in [-0.3, -0.25) is 4.79 Å². The van der Waals surface area contributed by atoms with Crippen molar-refractivity contribution in [1.29, 1.82) is 0 Å². The average molecular weight is 187 g/mol. The number of amides is 1. The highest BCUT2D eigenvalue weighted by Crippen LogP contribution is 2.05. The molecule has 4 nitrogen and oxygen atoms in total. The topological polar surface area (TPSA) is 60.9 Å². The molecule has 0 atom stereocenters. The van der Waals surface area contributed by atoms with Gasteiger partial charge in [0.25, 0.3) is 5.91 Å². The molecule has 70 valence electrons. The highest BCUT2D eigenvalue weighted by Gasteiger charge is 2.04. The smallest absolute Gasteiger partial charge is 0.269 e. The van der Waals surface area contributed by atoms with E-state index in [0.717, 1.165) is 5.69 Å². The van der Waals surface area contributed by atoms with Crippen molar-refractivity contribution in [2.24, 2.45) is 5.73 Å². The average Bonchev–Trinajstić information content (AvgIpc) is 2.68. The largest absolute Gasteiger partial charge is 0.364 e. The fourth-order valence-electron chi connectivity index (χ4n) is 1.18. The molecule has 0 saturated heterocycles. The van der Waals surface area contributed by atoms with Crippen molar-refractivity contribution in [3.63, 3.8) is 0 Å². The van der Waals surface area contributed by atoms with E-state index >= 15 is 0 Å². The van der Waals surface area contributed by atoms with Gasteiger partial charge in [-0.2, -0.15) is 5.10 Å². The van der Waals surface area contributed by atoms with Gasteiger partial charge in [0.1, 0.15) is 5.69 Å². The Hall–Kier alpha value is -2.10. The molecule has 0 aliphatic heterocycles. The van der Waals surface area contributed by atoms with Crippen LogP contribution < -0.4 is 5.73 Å². The lowest BCUT2D eigenvalue weighted by Crippen LogP contribution is -2.12. The number of nitrogens with two attached hydrogens (primary N) is 1. The summed E-state index contributed by atoms with van der Waals surface area (Å²) in [5, 5.41) is 4.02. The van der Waals surface area contributed by atoms with Crippen molar-refractivity contribution in [2.75, 3.05) is 0 Å². The molecule has 2 aromatic rings. The molecular weight excluding hydrogens is 178 g/mol. The van der Waals surface area contributed by atoms with Gasteiger partial charge < -0.3 is 5.73 Å². The molecule has 0 spiro atoms. The molecule has 2 rings (SSSR count). The summed E-state index contributed by atoms with van der Waals surface area (Å²) in [7, 11) is 0. The van der Waals surface area contributed by atoms with Gasteiger partial charge in [0.2, 0.25) is 0 Å². The molecule has 0 radical (unpaired) electrons. The zero-order chi connectivity index (χ0) is 9.97.